The highest BCUT2D eigenvalue weighted by Crippen LogP contribution is 2.22. The number of nitrogens with zero attached hydrogens (tertiary/aromatic N) is 3. The normalized spacial score (nSPS) is 17.9. The fraction of sp³-hybridized carbons (Fsp3) is 0.556. The Balaban J connectivity index is 1.46. The van der Waals surface area contributed by atoms with Gasteiger partial charge in [-0.15, -0.1) is 11.3 Å². The zero-order valence-corrected chi connectivity index (χ0v) is 15.3. The number of piperazine rings is 1. The van der Waals surface area contributed by atoms with Crippen molar-refractivity contribution in [2.45, 2.75) is 32.9 Å². The number of rotatable bonds is 6. The maximum absolute atomic E-state index is 12.0. The lowest BCUT2D eigenvalue weighted by molar-refractivity contribution is -0.123. The standard InChI is InChI=1S/C18H26N4OS/c1-3-14(2)19-17(23)12-21-8-10-22(11-9-21)13-18-20-15-6-4-5-7-16(15)24-18/h4-7,14H,3,8-13H2,1-2H3,(H,19,23)/t14-/m1/s1. The summed E-state index contributed by atoms with van der Waals surface area (Å²) in [5.74, 6) is 0.143. The molecule has 1 aliphatic heterocycles. The van der Waals surface area contributed by atoms with Crippen molar-refractivity contribution in [2.75, 3.05) is 32.7 Å². The van der Waals surface area contributed by atoms with Gasteiger partial charge in [0.25, 0.3) is 0 Å². The molecule has 1 aliphatic rings. The average Bonchev–Trinajstić information content (AvgIpc) is 2.98. The number of benzene rings is 1. The van der Waals surface area contributed by atoms with Crippen molar-refractivity contribution in [1.29, 1.82) is 0 Å². The van der Waals surface area contributed by atoms with Gasteiger partial charge in [0.15, 0.2) is 0 Å². The number of nitrogens with one attached hydrogen (secondary N) is 1. The highest BCUT2D eigenvalue weighted by molar-refractivity contribution is 7.18. The monoisotopic (exact) mass is 346 g/mol. The van der Waals surface area contributed by atoms with E-state index in [4.69, 9.17) is 4.98 Å². The molecular formula is C18H26N4OS. The molecule has 1 N–H and O–H groups in total. The second-order valence-corrected chi connectivity index (χ2v) is 7.62. The zero-order chi connectivity index (χ0) is 16.9. The Bertz CT molecular complexity index is 645. The average molecular weight is 347 g/mol. The molecule has 0 saturated carbocycles. The van der Waals surface area contributed by atoms with E-state index < -0.39 is 0 Å². The lowest BCUT2D eigenvalue weighted by atomic mass is 10.2. The van der Waals surface area contributed by atoms with Crippen LogP contribution < -0.4 is 5.32 Å². The summed E-state index contributed by atoms with van der Waals surface area (Å²) in [4.78, 5) is 21.4. The predicted molar refractivity (Wildman–Crippen MR) is 99.2 cm³/mol. The van der Waals surface area contributed by atoms with E-state index >= 15 is 0 Å². The lowest BCUT2D eigenvalue weighted by Crippen LogP contribution is -2.49. The second-order valence-electron chi connectivity index (χ2n) is 6.50. The minimum atomic E-state index is 0.143. The molecule has 0 bridgehead atoms. The first-order valence-electron chi connectivity index (χ1n) is 8.72. The molecular weight excluding hydrogens is 320 g/mol. The third-order valence-electron chi connectivity index (χ3n) is 4.55. The molecule has 1 fully saturated rings. The van der Waals surface area contributed by atoms with E-state index in [0.717, 1.165) is 44.7 Å². The van der Waals surface area contributed by atoms with Gasteiger partial charge in [-0.3, -0.25) is 14.6 Å². The van der Waals surface area contributed by atoms with E-state index in [2.05, 4.69) is 40.2 Å². The van der Waals surface area contributed by atoms with Crippen LogP contribution in [0.25, 0.3) is 10.2 Å². The van der Waals surface area contributed by atoms with E-state index in [1.807, 2.05) is 13.0 Å². The van der Waals surface area contributed by atoms with E-state index in [0.29, 0.717) is 6.54 Å². The molecule has 0 unspecified atom stereocenters. The molecule has 5 nitrogen and oxygen atoms in total. The maximum atomic E-state index is 12.0. The summed E-state index contributed by atoms with van der Waals surface area (Å²) in [6.07, 6.45) is 0.974. The summed E-state index contributed by atoms with van der Waals surface area (Å²) in [5.41, 5.74) is 1.10. The summed E-state index contributed by atoms with van der Waals surface area (Å²) in [7, 11) is 0. The largest absolute Gasteiger partial charge is 0.353 e. The van der Waals surface area contributed by atoms with Crippen molar-refractivity contribution in [3.8, 4) is 0 Å². The van der Waals surface area contributed by atoms with Crippen molar-refractivity contribution in [3.63, 3.8) is 0 Å². The van der Waals surface area contributed by atoms with Gasteiger partial charge in [0.1, 0.15) is 5.01 Å². The Morgan fingerprint density at radius 1 is 1.25 bits per heavy atom. The van der Waals surface area contributed by atoms with E-state index in [-0.39, 0.29) is 11.9 Å². The van der Waals surface area contributed by atoms with Gasteiger partial charge in [-0.1, -0.05) is 19.1 Å². The molecule has 1 saturated heterocycles. The number of amides is 1. The number of carbonyl (C=O) groups is 1. The van der Waals surface area contributed by atoms with Gasteiger partial charge in [-0.05, 0) is 25.5 Å². The molecule has 2 heterocycles. The molecule has 130 valence electrons. The van der Waals surface area contributed by atoms with E-state index in [1.54, 1.807) is 11.3 Å². The third kappa shape index (κ3) is 4.53. The SMILES string of the molecule is CC[C@@H](C)NC(=O)CN1CCN(Cc2nc3ccccc3s2)CC1. The van der Waals surface area contributed by atoms with Crippen molar-refractivity contribution < 1.29 is 4.79 Å². The highest BCUT2D eigenvalue weighted by Gasteiger charge is 2.20. The summed E-state index contributed by atoms with van der Waals surface area (Å²) in [6, 6.07) is 8.56. The molecule has 1 aromatic heterocycles. The molecule has 1 amide bonds. The molecule has 6 heteroatoms. The second kappa shape index (κ2) is 8.05. The first-order chi connectivity index (χ1) is 11.6. The van der Waals surface area contributed by atoms with Crippen LogP contribution in [0.4, 0.5) is 0 Å². The molecule has 0 radical (unpaired) electrons. The predicted octanol–water partition coefficient (Wildman–Crippen LogP) is 2.33. The maximum Gasteiger partial charge on any atom is 0.234 e. The fourth-order valence-corrected chi connectivity index (χ4v) is 3.92. The summed E-state index contributed by atoms with van der Waals surface area (Å²) < 4.78 is 1.26. The molecule has 1 aromatic carbocycles. The number of thiazole rings is 1. The van der Waals surface area contributed by atoms with Crippen molar-refractivity contribution in [1.82, 2.24) is 20.1 Å². The van der Waals surface area contributed by atoms with Crippen molar-refractivity contribution >= 4 is 27.5 Å². The summed E-state index contributed by atoms with van der Waals surface area (Å²) in [6.45, 7) is 9.43. The molecule has 3 rings (SSSR count). The Labute approximate surface area is 147 Å². The van der Waals surface area contributed by atoms with Crippen LogP contribution >= 0.6 is 11.3 Å². The van der Waals surface area contributed by atoms with Crippen LogP contribution in [-0.4, -0.2) is 59.5 Å². The number of para-hydroxylation sites is 1. The summed E-state index contributed by atoms with van der Waals surface area (Å²) >= 11 is 1.78. The molecule has 1 atom stereocenters. The first kappa shape index (κ1) is 17.3. The van der Waals surface area contributed by atoms with Gasteiger partial charge in [0.2, 0.25) is 5.91 Å². The van der Waals surface area contributed by atoms with Crippen LogP contribution in [0.1, 0.15) is 25.3 Å². The molecule has 0 aliphatic carbocycles. The van der Waals surface area contributed by atoms with E-state index in [9.17, 15) is 4.79 Å². The highest BCUT2D eigenvalue weighted by atomic mass is 32.1. The van der Waals surface area contributed by atoms with Crippen LogP contribution in [0.5, 0.6) is 0 Å². The number of hydrogen-bond donors (Lipinski definition) is 1. The first-order valence-corrected chi connectivity index (χ1v) is 9.54. The van der Waals surface area contributed by atoms with Gasteiger partial charge >= 0.3 is 0 Å². The van der Waals surface area contributed by atoms with Crippen LogP contribution in [0.2, 0.25) is 0 Å². The van der Waals surface area contributed by atoms with Gasteiger partial charge in [-0.25, -0.2) is 4.98 Å². The number of hydrogen-bond acceptors (Lipinski definition) is 5. The fourth-order valence-electron chi connectivity index (χ4n) is 2.91. The Hall–Kier alpha value is -1.50. The molecule has 2 aromatic rings. The Morgan fingerprint density at radius 2 is 1.96 bits per heavy atom. The van der Waals surface area contributed by atoms with E-state index in [1.165, 1.54) is 9.71 Å². The van der Waals surface area contributed by atoms with Crippen LogP contribution in [0.15, 0.2) is 24.3 Å². The molecule has 0 spiro atoms. The van der Waals surface area contributed by atoms with Crippen LogP contribution in [0.3, 0.4) is 0 Å². The van der Waals surface area contributed by atoms with Gasteiger partial charge in [0.05, 0.1) is 23.3 Å². The summed E-state index contributed by atoms with van der Waals surface area (Å²) in [5, 5.41) is 4.22. The number of carbonyl (C=O) groups excluding carboxylic acids is 1. The number of aromatic nitrogens is 1. The smallest absolute Gasteiger partial charge is 0.234 e. The lowest BCUT2D eigenvalue weighted by Gasteiger charge is -2.33. The number of fused-ring (bicyclic) bond motifs is 1. The minimum Gasteiger partial charge on any atom is -0.353 e. The van der Waals surface area contributed by atoms with Crippen molar-refractivity contribution in [2.24, 2.45) is 0 Å². The van der Waals surface area contributed by atoms with Crippen LogP contribution in [0, 0.1) is 0 Å². The molecule has 24 heavy (non-hydrogen) atoms. The minimum absolute atomic E-state index is 0.143. The van der Waals surface area contributed by atoms with Crippen LogP contribution in [-0.2, 0) is 11.3 Å². The Kier molecular flexibility index (Phi) is 5.81. The van der Waals surface area contributed by atoms with Gasteiger partial charge < -0.3 is 5.32 Å². The van der Waals surface area contributed by atoms with Gasteiger partial charge in [0, 0.05) is 32.2 Å². The van der Waals surface area contributed by atoms with Gasteiger partial charge in [-0.2, -0.15) is 0 Å². The Morgan fingerprint density at radius 3 is 2.67 bits per heavy atom. The third-order valence-corrected chi connectivity index (χ3v) is 5.57. The zero-order valence-electron chi connectivity index (χ0n) is 14.5. The topological polar surface area (TPSA) is 48.5 Å². The van der Waals surface area contributed by atoms with Crippen molar-refractivity contribution in [3.05, 3.63) is 29.3 Å². The quantitative estimate of drug-likeness (QED) is 0.872.